The van der Waals surface area contributed by atoms with Crippen LogP contribution in [0.25, 0.3) is 0 Å². The summed E-state index contributed by atoms with van der Waals surface area (Å²) >= 11 is 11.2. The molecule has 0 bridgehead atoms. The Bertz CT molecular complexity index is 394. The maximum atomic E-state index is 12.3. The number of hydrogen-bond donors (Lipinski definition) is 0. The number of hydrogen-bond acceptors (Lipinski definition) is 2. The molecule has 1 aliphatic rings. The van der Waals surface area contributed by atoms with Gasteiger partial charge in [0, 0.05) is 0 Å². The second kappa shape index (κ2) is 3.49. The maximum Gasteiger partial charge on any atom is 0.392 e. The van der Waals surface area contributed by atoms with Crippen molar-refractivity contribution in [1.82, 2.24) is 10.2 Å². The zero-order chi connectivity index (χ0) is 11.2. The third-order valence-electron chi connectivity index (χ3n) is 2.36. The van der Waals surface area contributed by atoms with Crippen molar-refractivity contribution >= 4 is 23.2 Å². The van der Waals surface area contributed by atoms with Gasteiger partial charge >= 0.3 is 6.18 Å². The SMILES string of the molecule is FC(F)(F)[C@@H]1C[C@H]1c1cc(Cl)nnc1Cl. The van der Waals surface area contributed by atoms with Crippen LogP contribution in [0.15, 0.2) is 6.07 Å². The van der Waals surface area contributed by atoms with E-state index in [0.29, 0.717) is 5.56 Å². The Labute approximate surface area is 93.4 Å². The molecule has 0 radical (unpaired) electrons. The first kappa shape index (κ1) is 11.0. The Morgan fingerprint density at radius 3 is 2.47 bits per heavy atom. The lowest BCUT2D eigenvalue weighted by atomic mass is 10.1. The molecule has 0 amide bonds. The Morgan fingerprint density at radius 2 is 1.93 bits per heavy atom. The molecule has 0 aromatic carbocycles. The zero-order valence-electron chi connectivity index (χ0n) is 7.22. The summed E-state index contributed by atoms with van der Waals surface area (Å²) in [5.74, 6) is -1.94. The Morgan fingerprint density at radius 1 is 1.27 bits per heavy atom. The van der Waals surface area contributed by atoms with Crippen LogP contribution >= 0.6 is 23.2 Å². The highest BCUT2D eigenvalue weighted by atomic mass is 35.5. The summed E-state index contributed by atoms with van der Waals surface area (Å²) in [5.41, 5.74) is 0.332. The molecule has 1 aromatic rings. The average Bonchev–Trinajstić information content (AvgIpc) is 2.87. The van der Waals surface area contributed by atoms with E-state index in [1.54, 1.807) is 0 Å². The number of alkyl halides is 3. The fraction of sp³-hybridized carbons (Fsp3) is 0.500. The van der Waals surface area contributed by atoms with Crippen LogP contribution in [-0.2, 0) is 0 Å². The summed E-state index contributed by atoms with van der Waals surface area (Å²) in [6, 6.07) is 1.34. The first-order valence-corrected chi connectivity index (χ1v) is 4.90. The quantitative estimate of drug-likeness (QED) is 0.769. The van der Waals surface area contributed by atoms with Crippen molar-refractivity contribution in [1.29, 1.82) is 0 Å². The molecule has 0 saturated heterocycles. The smallest absolute Gasteiger partial charge is 0.171 e. The van der Waals surface area contributed by atoms with E-state index in [0.717, 1.165) is 0 Å². The molecule has 1 saturated carbocycles. The van der Waals surface area contributed by atoms with Gasteiger partial charge in [-0.1, -0.05) is 23.2 Å². The van der Waals surface area contributed by atoms with Gasteiger partial charge in [0.05, 0.1) is 5.92 Å². The molecule has 0 aliphatic heterocycles. The lowest BCUT2D eigenvalue weighted by Gasteiger charge is -2.05. The highest BCUT2D eigenvalue weighted by Gasteiger charge is 2.56. The predicted molar refractivity (Wildman–Crippen MR) is 49.0 cm³/mol. The molecule has 2 nitrogen and oxygen atoms in total. The van der Waals surface area contributed by atoms with Gasteiger partial charge in [-0.25, -0.2) is 0 Å². The van der Waals surface area contributed by atoms with E-state index in [-0.39, 0.29) is 16.7 Å². The Kier molecular flexibility index (Phi) is 2.55. The molecule has 1 aliphatic carbocycles. The van der Waals surface area contributed by atoms with Gasteiger partial charge in [0.25, 0.3) is 0 Å². The number of rotatable bonds is 1. The Balaban J connectivity index is 2.23. The summed E-state index contributed by atoms with van der Waals surface area (Å²) in [6.45, 7) is 0. The predicted octanol–water partition coefficient (Wildman–Crippen LogP) is 3.45. The monoisotopic (exact) mass is 256 g/mol. The highest BCUT2D eigenvalue weighted by Crippen LogP contribution is 2.57. The van der Waals surface area contributed by atoms with Crippen molar-refractivity contribution in [2.75, 3.05) is 0 Å². The third-order valence-corrected chi connectivity index (χ3v) is 2.84. The minimum atomic E-state index is -4.18. The molecule has 2 rings (SSSR count). The topological polar surface area (TPSA) is 25.8 Å². The van der Waals surface area contributed by atoms with Crippen molar-refractivity contribution < 1.29 is 13.2 Å². The lowest BCUT2D eigenvalue weighted by Crippen LogP contribution is -2.11. The molecular formula is C8H5Cl2F3N2. The van der Waals surface area contributed by atoms with Gasteiger partial charge in [-0.15, -0.1) is 10.2 Å². The summed E-state index contributed by atoms with van der Waals surface area (Å²) in [7, 11) is 0. The third kappa shape index (κ3) is 2.18. The normalized spacial score (nSPS) is 25.4. The van der Waals surface area contributed by atoms with Gasteiger partial charge in [-0.2, -0.15) is 13.2 Å². The highest BCUT2D eigenvalue weighted by molar-refractivity contribution is 6.31. The van der Waals surface area contributed by atoms with Crippen LogP contribution in [0.2, 0.25) is 10.3 Å². The fourth-order valence-corrected chi connectivity index (χ4v) is 1.91. The first-order chi connectivity index (χ1) is 6.89. The molecule has 1 fully saturated rings. The van der Waals surface area contributed by atoms with Crippen molar-refractivity contribution in [3.8, 4) is 0 Å². The van der Waals surface area contributed by atoms with Gasteiger partial charge in [0.15, 0.2) is 10.3 Å². The van der Waals surface area contributed by atoms with Crippen LogP contribution < -0.4 is 0 Å². The van der Waals surface area contributed by atoms with Crippen LogP contribution in [0.3, 0.4) is 0 Å². The van der Waals surface area contributed by atoms with Crippen LogP contribution in [-0.4, -0.2) is 16.4 Å². The van der Waals surface area contributed by atoms with Gasteiger partial charge < -0.3 is 0 Å². The van der Waals surface area contributed by atoms with E-state index in [1.807, 2.05) is 0 Å². The molecule has 0 spiro atoms. The van der Waals surface area contributed by atoms with E-state index in [9.17, 15) is 13.2 Å². The lowest BCUT2D eigenvalue weighted by molar-refractivity contribution is -0.148. The molecular weight excluding hydrogens is 252 g/mol. The molecule has 1 heterocycles. The van der Waals surface area contributed by atoms with E-state index < -0.39 is 18.0 Å². The second-order valence-electron chi connectivity index (χ2n) is 3.40. The molecule has 2 atom stereocenters. The maximum absolute atomic E-state index is 12.3. The molecule has 0 N–H and O–H groups in total. The second-order valence-corrected chi connectivity index (χ2v) is 4.15. The van der Waals surface area contributed by atoms with Gasteiger partial charge in [0.2, 0.25) is 0 Å². The van der Waals surface area contributed by atoms with Crippen LogP contribution in [0, 0.1) is 5.92 Å². The van der Waals surface area contributed by atoms with Crippen molar-refractivity contribution in [3.63, 3.8) is 0 Å². The minimum Gasteiger partial charge on any atom is -0.171 e. The molecule has 82 valence electrons. The summed E-state index contributed by atoms with van der Waals surface area (Å²) in [6.07, 6.45) is -4.13. The van der Waals surface area contributed by atoms with E-state index >= 15 is 0 Å². The van der Waals surface area contributed by atoms with E-state index in [2.05, 4.69) is 10.2 Å². The van der Waals surface area contributed by atoms with Crippen molar-refractivity contribution in [2.45, 2.75) is 18.5 Å². The van der Waals surface area contributed by atoms with E-state index in [4.69, 9.17) is 23.2 Å². The van der Waals surface area contributed by atoms with Crippen molar-refractivity contribution in [2.24, 2.45) is 5.92 Å². The number of halogens is 5. The summed E-state index contributed by atoms with van der Waals surface area (Å²) < 4.78 is 36.9. The zero-order valence-corrected chi connectivity index (χ0v) is 8.74. The molecule has 15 heavy (non-hydrogen) atoms. The largest absolute Gasteiger partial charge is 0.392 e. The van der Waals surface area contributed by atoms with Crippen molar-refractivity contribution in [3.05, 3.63) is 21.9 Å². The molecule has 0 unspecified atom stereocenters. The molecule has 7 heteroatoms. The minimum absolute atomic E-state index is 0.00356. The van der Waals surface area contributed by atoms with Crippen LogP contribution in [0.1, 0.15) is 17.9 Å². The fourth-order valence-electron chi connectivity index (χ4n) is 1.53. The standard InChI is InChI=1S/C8H5Cl2F3N2/c9-6-2-4(7(10)15-14-6)3-1-5(3)8(11,12)13/h2-3,5H,1H2/t3-,5+/m0/s1. The van der Waals surface area contributed by atoms with Crippen LogP contribution in [0.4, 0.5) is 13.2 Å². The van der Waals surface area contributed by atoms with Crippen LogP contribution in [0.5, 0.6) is 0 Å². The average molecular weight is 257 g/mol. The first-order valence-electron chi connectivity index (χ1n) is 4.15. The summed E-state index contributed by atoms with van der Waals surface area (Å²) in [5, 5.41) is 6.97. The Hall–Kier alpha value is -0.550. The van der Waals surface area contributed by atoms with Gasteiger partial charge in [-0.3, -0.25) is 0 Å². The number of aromatic nitrogens is 2. The van der Waals surface area contributed by atoms with Gasteiger partial charge in [0.1, 0.15) is 0 Å². The number of nitrogens with zero attached hydrogens (tertiary/aromatic N) is 2. The molecule has 1 aromatic heterocycles. The van der Waals surface area contributed by atoms with Gasteiger partial charge in [-0.05, 0) is 24.0 Å². The summed E-state index contributed by atoms with van der Waals surface area (Å²) in [4.78, 5) is 0. The van der Waals surface area contributed by atoms with E-state index in [1.165, 1.54) is 6.07 Å².